The van der Waals surface area contributed by atoms with Crippen LogP contribution in [0.1, 0.15) is 10.4 Å². The van der Waals surface area contributed by atoms with Crippen molar-refractivity contribution in [1.82, 2.24) is 0 Å². The quantitative estimate of drug-likeness (QED) is 0.299. The van der Waals surface area contributed by atoms with Gasteiger partial charge in [0.1, 0.15) is 16.4 Å². The number of nitro groups is 1. The number of para-hydroxylation sites is 1. The third-order valence-electron chi connectivity index (χ3n) is 4.24. The zero-order valence-electron chi connectivity index (χ0n) is 17.3. The minimum Gasteiger partial charge on any atom is -0.457 e. The van der Waals surface area contributed by atoms with Crippen LogP contribution in [0.15, 0.2) is 77.7 Å². The molecule has 0 heterocycles. The second-order valence-electron chi connectivity index (χ2n) is 6.78. The van der Waals surface area contributed by atoms with Crippen molar-refractivity contribution in [3.63, 3.8) is 0 Å². The summed E-state index contributed by atoms with van der Waals surface area (Å²) < 4.78 is 33.8. The summed E-state index contributed by atoms with van der Waals surface area (Å²) in [6.07, 6.45) is 0.817. The van der Waals surface area contributed by atoms with E-state index in [1.807, 2.05) is 18.2 Å². The lowest BCUT2D eigenvalue weighted by Crippen LogP contribution is -2.21. The summed E-state index contributed by atoms with van der Waals surface area (Å²) in [4.78, 5) is 34.0. The van der Waals surface area contributed by atoms with E-state index in [1.54, 1.807) is 36.4 Å². The van der Waals surface area contributed by atoms with Gasteiger partial charge < -0.3 is 14.8 Å². The maximum Gasteiger partial charge on any atom is 0.338 e. The number of sulfone groups is 1. The number of nitrogens with one attached hydrogen (secondary N) is 1. The van der Waals surface area contributed by atoms with Gasteiger partial charge in [0.15, 0.2) is 16.4 Å². The zero-order chi connectivity index (χ0) is 24.0. The first kappa shape index (κ1) is 23.4. The number of esters is 1. The monoisotopic (exact) mass is 470 g/mol. The fourth-order valence-corrected chi connectivity index (χ4v) is 3.57. The number of benzene rings is 3. The molecule has 0 unspecified atom stereocenters. The van der Waals surface area contributed by atoms with E-state index in [1.165, 1.54) is 0 Å². The Morgan fingerprint density at radius 2 is 1.61 bits per heavy atom. The van der Waals surface area contributed by atoms with Crippen LogP contribution in [0.4, 0.5) is 11.4 Å². The minimum atomic E-state index is -3.87. The number of nitrogens with zero attached hydrogens (tertiary/aromatic N) is 1. The third kappa shape index (κ3) is 6.37. The van der Waals surface area contributed by atoms with Crippen LogP contribution in [-0.2, 0) is 19.4 Å². The Balaban J connectivity index is 1.58. The maximum absolute atomic E-state index is 12.2. The number of hydrogen-bond donors (Lipinski definition) is 1. The van der Waals surface area contributed by atoms with E-state index in [2.05, 4.69) is 5.32 Å². The van der Waals surface area contributed by atoms with Crippen LogP contribution in [0.3, 0.4) is 0 Å². The lowest BCUT2D eigenvalue weighted by Gasteiger charge is -2.09. The van der Waals surface area contributed by atoms with Crippen molar-refractivity contribution in [3.8, 4) is 11.5 Å². The molecule has 0 fully saturated rings. The van der Waals surface area contributed by atoms with E-state index in [4.69, 9.17) is 9.47 Å². The Labute approximate surface area is 188 Å². The first-order valence-electron chi connectivity index (χ1n) is 9.42. The molecule has 10 nitrogen and oxygen atoms in total. The largest absolute Gasteiger partial charge is 0.457 e. The van der Waals surface area contributed by atoms with Crippen LogP contribution in [0, 0.1) is 10.1 Å². The molecule has 3 rings (SSSR count). The number of carbonyl (C=O) groups is 2. The average molecular weight is 470 g/mol. The van der Waals surface area contributed by atoms with Gasteiger partial charge in [-0.05, 0) is 48.5 Å². The Kier molecular flexibility index (Phi) is 7.04. The summed E-state index contributed by atoms with van der Waals surface area (Å²) in [6.45, 7) is -0.650. The molecule has 0 aliphatic rings. The standard InChI is InChI=1S/C22H18N2O8S/c1-33(29,30)20-12-7-15(13-19(20)24(27)28)22(26)31-14-21(25)23-16-8-10-18(11-9-16)32-17-5-3-2-4-6-17/h2-13H,14H2,1H3,(H,23,25). The van der Waals surface area contributed by atoms with Crippen LogP contribution < -0.4 is 10.1 Å². The van der Waals surface area contributed by atoms with Gasteiger partial charge in [0.05, 0.1) is 10.5 Å². The van der Waals surface area contributed by atoms with Crippen LogP contribution in [0.2, 0.25) is 0 Å². The summed E-state index contributed by atoms with van der Waals surface area (Å²) in [7, 11) is -3.87. The molecule has 0 aromatic heterocycles. The summed E-state index contributed by atoms with van der Waals surface area (Å²) >= 11 is 0. The lowest BCUT2D eigenvalue weighted by atomic mass is 10.2. The van der Waals surface area contributed by atoms with E-state index in [0.717, 1.165) is 24.5 Å². The molecular weight excluding hydrogens is 452 g/mol. The van der Waals surface area contributed by atoms with Gasteiger partial charge in [-0.2, -0.15) is 0 Å². The van der Waals surface area contributed by atoms with Crippen LogP contribution in [-0.4, -0.2) is 38.1 Å². The molecule has 3 aromatic rings. The highest BCUT2D eigenvalue weighted by Crippen LogP contribution is 2.25. The van der Waals surface area contributed by atoms with Crippen molar-refractivity contribution in [2.24, 2.45) is 0 Å². The number of nitro benzene ring substituents is 1. The van der Waals surface area contributed by atoms with Gasteiger partial charge >= 0.3 is 5.97 Å². The normalized spacial score (nSPS) is 10.8. The van der Waals surface area contributed by atoms with Crippen molar-refractivity contribution in [2.75, 3.05) is 18.2 Å². The fraction of sp³-hybridized carbons (Fsp3) is 0.0909. The molecule has 3 aromatic carbocycles. The first-order valence-corrected chi connectivity index (χ1v) is 11.3. The van der Waals surface area contributed by atoms with Crippen molar-refractivity contribution in [1.29, 1.82) is 0 Å². The predicted molar refractivity (Wildman–Crippen MR) is 118 cm³/mol. The molecule has 0 radical (unpaired) electrons. The molecule has 0 saturated heterocycles. The molecule has 0 bridgehead atoms. The van der Waals surface area contributed by atoms with E-state index < -0.39 is 43.8 Å². The van der Waals surface area contributed by atoms with Crippen molar-refractivity contribution >= 4 is 33.1 Å². The number of ether oxygens (including phenoxy) is 2. The molecule has 0 aliphatic heterocycles. The van der Waals surface area contributed by atoms with Gasteiger partial charge in [-0.1, -0.05) is 18.2 Å². The summed E-state index contributed by atoms with van der Waals surface area (Å²) in [5, 5.41) is 13.7. The molecule has 170 valence electrons. The number of rotatable bonds is 8. The summed E-state index contributed by atoms with van der Waals surface area (Å²) in [6, 6.07) is 18.5. The summed E-state index contributed by atoms with van der Waals surface area (Å²) in [5.41, 5.74) is -0.580. The molecule has 0 saturated carbocycles. The van der Waals surface area contributed by atoms with Gasteiger partial charge in [0.25, 0.3) is 11.6 Å². The Morgan fingerprint density at radius 1 is 0.970 bits per heavy atom. The van der Waals surface area contributed by atoms with Crippen molar-refractivity contribution in [3.05, 3.63) is 88.5 Å². The molecule has 0 atom stereocenters. The van der Waals surface area contributed by atoms with Crippen molar-refractivity contribution in [2.45, 2.75) is 4.90 Å². The number of anilines is 1. The SMILES string of the molecule is CS(=O)(=O)c1ccc(C(=O)OCC(=O)Nc2ccc(Oc3ccccc3)cc2)cc1[N+](=O)[O-]. The molecular formula is C22H18N2O8S. The molecule has 1 N–H and O–H groups in total. The smallest absolute Gasteiger partial charge is 0.338 e. The lowest BCUT2D eigenvalue weighted by molar-refractivity contribution is -0.387. The van der Waals surface area contributed by atoms with Crippen molar-refractivity contribution < 1.29 is 32.4 Å². The highest BCUT2D eigenvalue weighted by Gasteiger charge is 2.24. The zero-order valence-corrected chi connectivity index (χ0v) is 18.1. The maximum atomic E-state index is 12.2. The average Bonchev–Trinajstić information content (AvgIpc) is 2.78. The van der Waals surface area contributed by atoms with Gasteiger partial charge in [-0.15, -0.1) is 0 Å². The fourth-order valence-electron chi connectivity index (χ4n) is 2.74. The molecule has 0 aliphatic carbocycles. The Bertz CT molecular complexity index is 1290. The molecule has 33 heavy (non-hydrogen) atoms. The predicted octanol–water partition coefficient (Wildman–Crippen LogP) is 3.59. The molecule has 1 amide bonds. The van der Waals surface area contributed by atoms with E-state index in [0.29, 0.717) is 17.2 Å². The molecule has 0 spiro atoms. The van der Waals surface area contributed by atoms with E-state index in [-0.39, 0.29) is 5.56 Å². The third-order valence-corrected chi connectivity index (χ3v) is 5.39. The Hall–Kier alpha value is -4.25. The summed E-state index contributed by atoms with van der Waals surface area (Å²) in [5.74, 6) is -0.432. The van der Waals surface area contributed by atoms with Gasteiger partial charge in [0.2, 0.25) is 0 Å². The Morgan fingerprint density at radius 3 is 2.21 bits per heavy atom. The topological polar surface area (TPSA) is 142 Å². The minimum absolute atomic E-state index is 0.260. The second-order valence-corrected chi connectivity index (χ2v) is 8.76. The highest BCUT2D eigenvalue weighted by atomic mass is 32.2. The second kappa shape index (κ2) is 9.92. The number of amides is 1. The van der Waals surface area contributed by atoms with Crippen LogP contribution in [0.5, 0.6) is 11.5 Å². The number of hydrogen-bond acceptors (Lipinski definition) is 8. The first-order chi connectivity index (χ1) is 15.6. The van der Waals surface area contributed by atoms with E-state index in [9.17, 15) is 28.1 Å². The van der Waals surface area contributed by atoms with Gasteiger partial charge in [-0.3, -0.25) is 14.9 Å². The number of carbonyl (C=O) groups excluding carboxylic acids is 2. The van der Waals surface area contributed by atoms with E-state index >= 15 is 0 Å². The van der Waals surface area contributed by atoms with Crippen LogP contribution >= 0.6 is 0 Å². The highest BCUT2D eigenvalue weighted by molar-refractivity contribution is 7.90. The van der Waals surface area contributed by atoms with Gasteiger partial charge in [-0.25, -0.2) is 13.2 Å². The van der Waals surface area contributed by atoms with Crippen LogP contribution in [0.25, 0.3) is 0 Å². The van der Waals surface area contributed by atoms with Gasteiger partial charge in [0, 0.05) is 18.0 Å². The molecule has 11 heteroatoms.